The normalized spacial score (nSPS) is 17.0. The number of fused-ring (bicyclic) bond motifs is 2. The van der Waals surface area contributed by atoms with Gasteiger partial charge in [-0.25, -0.2) is 18.4 Å². The van der Waals surface area contributed by atoms with Crippen LogP contribution in [0.25, 0.3) is 32.5 Å². The summed E-state index contributed by atoms with van der Waals surface area (Å²) in [6.45, 7) is 6.72. The van der Waals surface area contributed by atoms with Gasteiger partial charge in [0.2, 0.25) is 15.9 Å². The van der Waals surface area contributed by atoms with Crippen molar-refractivity contribution in [3.8, 4) is 11.4 Å². The van der Waals surface area contributed by atoms with Gasteiger partial charge in [0.05, 0.1) is 40.6 Å². The molecule has 0 aliphatic carbocycles. The number of primary amides is 1. The first-order valence-electron chi connectivity index (χ1n) is 15.6. The molecule has 5 heterocycles. The van der Waals surface area contributed by atoms with Crippen molar-refractivity contribution in [3.05, 3.63) is 29.1 Å². The highest BCUT2D eigenvalue weighted by atomic mass is 32.2. The van der Waals surface area contributed by atoms with E-state index in [0.717, 1.165) is 90.2 Å². The Kier molecular flexibility index (Phi) is 9.80. The van der Waals surface area contributed by atoms with Crippen LogP contribution in [0.2, 0.25) is 0 Å². The maximum absolute atomic E-state index is 12.0. The zero-order valence-corrected chi connectivity index (χ0v) is 27.3. The molecule has 4 N–H and O–H groups in total. The van der Waals surface area contributed by atoms with Crippen molar-refractivity contribution in [3.63, 3.8) is 0 Å². The molecule has 2 saturated heterocycles. The lowest BCUT2D eigenvalue weighted by molar-refractivity contribution is -0.118. The van der Waals surface area contributed by atoms with Crippen LogP contribution in [0.15, 0.2) is 24.3 Å². The molecule has 6 rings (SSSR count). The van der Waals surface area contributed by atoms with Crippen LogP contribution in [0.4, 0.5) is 11.6 Å². The lowest BCUT2D eigenvalue weighted by Crippen LogP contribution is -2.47. The van der Waals surface area contributed by atoms with Crippen LogP contribution in [-0.2, 0) is 26.1 Å². The minimum absolute atomic E-state index is 0.246. The van der Waals surface area contributed by atoms with Crippen molar-refractivity contribution in [1.82, 2.24) is 29.4 Å². The topological polar surface area (TPSA) is 163 Å². The first-order valence-corrected chi connectivity index (χ1v) is 18.2. The number of ether oxygens (including phenoxy) is 1. The maximum Gasteiger partial charge on any atom is 0.217 e. The van der Waals surface area contributed by atoms with Gasteiger partial charge in [-0.15, -0.1) is 11.3 Å². The van der Waals surface area contributed by atoms with E-state index in [2.05, 4.69) is 31.4 Å². The lowest BCUT2D eigenvalue weighted by Gasteiger charge is -2.32. The fraction of sp³-hybridized carbons (Fsp3) is 0.533. The van der Waals surface area contributed by atoms with E-state index >= 15 is 0 Å². The number of piperazine rings is 1. The molecule has 45 heavy (non-hydrogen) atoms. The SMILES string of the molecule is CS(=O)(=O)N1CCN(Cc2cc3nc(-c4cccc5[nH]nc(NCCCCCCC(N)=O)c45)nc(N4CCOCC4)c3s2)CC1. The molecule has 2 aliphatic rings. The lowest BCUT2D eigenvalue weighted by atomic mass is 10.1. The van der Waals surface area contributed by atoms with Crippen molar-refractivity contribution in [2.24, 2.45) is 5.73 Å². The number of carbonyl (C=O) groups is 1. The summed E-state index contributed by atoms with van der Waals surface area (Å²) in [5, 5.41) is 12.2. The van der Waals surface area contributed by atoms with Crippen LogP contribution >= 0.6 is 11.3 Å². The monoisotopic (exact) mass is 655 g/mol. The number of morpholine rings is 1. The molecule has 3 aromatic heterocycles. The summed E-state index contributed by atoms with van der Waals surface area (Å²) in [6, 6.07) is 8.21. The summed E-state index contributed by atoms with van der Waals surface area (Å²) in [7, 11) is -3.17. The van der Waals surface area contributed by atoms with E-state index < -0.39 is 10.0 Å². The Morgan fingerprint density at radius 2 is 1.84 bits per heavy atom. The van der Waals surface area contributed by atoms with E-state index in [-0.39, 0.29) is 5.91 Å². The number of anilines is 2. The zero-order chi connectivity index (χ0) is 31.4. The molecular weight excluding hydrogens is 615 g/mol. The second kappa shape index (κ2) is 14.0. The van der Waals surface area contributed by atoms with Crippen LogP contribution in [0, 0.1) is 0 Å². The second-order valence-corrected chi connectivity index (χ2v) is 14.8. The van der Waals surface area contributed by atoms with Crippen LogP contribution in [-0.4, -0.2) is 109 Å². The Labute approximate surface area is 267 Å². The average molecular weight is 656 g/mol. The Bertz CT molecular complexity index is 1740. The fourth-order valence-electron chi connectivity index (χ4n) is 5.96. The minimum Gasteiger partial charge on any atom is -0.378 e. The number of rotatable bonds is 13. The van der Waals surface area contributed by atoms with Gasteiger partial charge in [0.25, 0.3) is 0 Å². The molecule has 242 valence electrons. The van der Waals surface area contributed by atoms with Crippen molar-refractivity contribution in [2.45, 2.75) is 38.6 Å². The summed E-state index contributed by atoms with van der Waals surface area (Å²) < 4.78 is 32.2. The molecule has 0 unspecified atom stereocenters. The molecule has 2 fully saturated rings. The largest absolute Gasteiger partial charge is 0.378 e. The molecule has 0 atom stereocenters. The predicted octanol–water partition coefficient (Wildman–Crippen LogP) is 3.00. The smallest absolute Gasteiger partial charge is 0.217 e. The minimum atomic E-state index is -3.17. The van der Waals surface area contributed by atoms with Crippen molar-refractivity contribution in [1.29, 1.82) is 0 Å². The van der Waals surface area contributed by atoms with Gasteiger partial charge in [0.15, 0.2) is 17.5 Å². The maximum atomic E-state index is 12.0. The number of carbonyl (C=O) groups excluding carboxylic acids is 1. The number of sulfonamides is 1. The van der Waals surface area contributed by atoms with Gasteiger partial charge in [0.1, 0.15) is 0 Å². The van der Waals surface area contributed by atoms with Crippen molar-refractivity contribution in [2.75, 3.05) is 75.5 Å². The molecule has 0 radical (unpaired) electrons. The van der Waals surface area contributed by atoms with E-state index in [9.17, 15) is 13.2 Å². The van der Waals surface area contributed by atoms with Gasteiger partial charge in [-0.3, -0.25) is 14.8 Å². The number of amides is 1. The number of nitrogens with zero attached hydrogens (tertiary/aromatic N) is 6. The molecule has 0 spiro atoms. The summed E-state index contributed by atoms with van der Waals surface area (Å²) in [4.78, 5) is 27.0. The highest BCUT2D eigenvalue weighted by molar-refractivity contribution is 7.88. The fourth-order valence-corrected chi connectivity index (χ4v) is 7.94. The first-order chi connectivity index (χ1) is 21.8. The highest BCUT2D eigenvalue weighted by Crippen LogP contribution is 2.37. The third-order valence-electron chi connectivity index (χ3n) is 8.37. The Hall–Kier alpha value is -3.37. The molecule has 1 amide bonds. The third kappa shape index (κ3) is 7.55. The number of benzene rings is 1. The van der Waals surface area contributed by atoms with Gasteiger partial charge >= 0.3 is 0 Å². The first kappa shape index (κ1) is 31.6. The van der Waals surface area contributed by atoms with Crippen molar-refractivity contribution < 1.29 is 17.9 Å². The molecule has 0 bridgehead atoms. The number of aromatic nitrogens is 4. The van der Waals surface area contributed by atoms with Gasteiger partial charge in [-0.05, 0) is 25.0 Å². The number of nitrogens with one attached hydrogen (secondary N) is 2. The van der Waals surface area contributed by atoms with Gasteiger partial charge in [-0.2, -0.15) is 9.40 Å². The van der Waals surface area contributed by atoms with Crippen LogP contribution in [0.3, 0.4) is 0 Å². The molecular formula is C30H41N9O4S2. The second-order valence-electron chi connectivity index (χ2n) is 11.7. The number of nitrogens with two attached hydrogens (primary N) is 1. The van der Waals surface area contributed by atoms with Crippen LogP contribution in [0.1, 0.15) is 37.0 Å². The van der Waals surface area contributed by atoms with Gasteiger partial charge in [-0.1, -0.05) is 25.0 Å². The number of unbranched alkanes of at least 4 members (excludes halogenated alkanes) is 3. The summed E-state index contributed by atoms with van der Waals surface area (Å²) in [5.74, 6) is 2.09. The summed E-state index contributed by atoms with van der Waals surface area (Å²) >= 11 is 1.71. The number of thiophene rings is 1. The van der Waals surface area contributed by atoms with E-state index in [1.165, 1.54) is 11.1 Å². The molecule has 13 nitrogen and oxygen atoms in total. The Balaban J connectivity index is 1.26. The molecule has 2 aliphatic heterocycles. The van der Waals surface area contributed by atoms with Crippen molar-refractivity contribution >= 4 is 60.0 Å². The summed E-state index contributed by atoms with van der Waals surface area (Å²) in [6.07, 6.45) is 5.46. The zero-order valence-electron chi connectivity index (χ0n) is 25.6. The van der Waals surface area contributed by atoms with E-state index in [4.69, 9.17) is 20.4 Å². The number of H-pyrrole nitrogens is 1. The predicted molar refractivity (Wildman–Crippen MR) is 178 cm³/mol. The average Bonchev–Trinajstić information content (AvgIpc) is 3.64. The van der Waals surface area contributed by atoms with E-state index in [1.807, 2.05) is 18.2 Å². The number of hydrogen-bond acceptors (Lipinski definition) is 11. The molecule has 15 heteroatoms. The van der Waals surface area contributed by atoms with Crippen LogP contribution < -0.4 is 16.0 Å². The van der Waals surface area contributed by atoms with Gasteiger partial charge in [0, 0.05) is 69.2 Å². The van der Waals surface area contributed by atoms with Gasteiger partial charge < -0.3 is 20.7 Å². The Morgan fingerprint density at radius 3 is 2.60 bits per heavy atom. The standard InChI is InChI=1S/C30H41N9O4S2/c1-45(41,42)39-13-11-37(12-14-39)20-21-19-24-27(44-21)30(38-15-17-43-18-16-38)34-28(33-24)22-7-6-8-23-26(22)29(36-35-23)32-10-5-3-2-4-9-25(31)40/h6-8,19H,2-5,9-18,20H2,1H3,(H2,31,40)(H2,32,35,36). The Morgan fingerprint density at radius 1 is 1.07 bits per heavy atom. The number of hydrogen-bond donors (Lipinski definition) is 3. The molecule has 4 aromatic rings. The van der Waals surface area contributed by atoms with E-state index in [0.29, 0.717) is 51.6 Å². The summed E-state index contributed by atoms with van der Waals surface area (Å²) in [5.41, 5.74) is 7.97. The number of aromatic amines is 1. The van der Waals surface area contributed by atoms with Crippen LogP contribution in [0.5, 0.6) is 0 Å². The quantitative estimate of drug-likeness (QED) is 0.183. The third-order valence-corrected chi connectivity index (χ3v) is 10.8. The van der Waals surface area contributed by atoms with E-state index in [1.54, 1.807) is 15.6 Å². The molecule has 1 aromatic carbocycles. The molecule has 0 saturated carbocycles. The highest BCUT2D eigenvalue weighted by Gasteiger charge is 2.25.